The number of aliphatic hydroxyl groups is 1. The summed E-state index contributed by atoms with van der Waals surface area (Å²) in [6, 6.07) is 0. The molecule has 2 nitrogen and oxygen atoms in total. The van der Waals surface area contributed by atoms with Crippen molar-refractivity contribution in [3.63, 3.8) is 0 Å². The molecule has 0 radical (unpaired) electrons. The smallest absolute Gasteiger partial charge is 0.166 e. The van der Waals surface area contributed by atoms with Gasteiger partial charge in [0.15, 0.2) is 5.01 Å². The van der Waals surface area contributed by atoms with Crippen LogP contribution in [-0.4, -0.2) is 16.2 Å². The highest BCUT2D eigenvalue weighted by Gasteiger charge is 1.87. The molecule has 1 heterocycles. The van der Waals surface area contributed by atoms with E-state index in [9.17, 15) is 0 Å². The summed E-state index contributed by atoms with van der Waals surface area (Å²) >= 11 is 1.47. The van der Waals surface area contributed by atoms with Crippen LogP contribution in [0.15, 0.2) is 11.6 Å². The third-order valence-electron chi connectivity index (χ3n) is 0.820. The first-order chi connectivity index (χ1) is 4.79. The largest absolute Gasteiger partial charge is 0.381 e. The zero-order valence-electron chi connectivity index (χ0n) is 5.53. The van der Waals surface area contributed by atoms with Crippen LogP contribution in [0.5, 0.6) is 0 Å². The van der Waals surface area contributed by atoms with E-state index in [1.807, 2.05) is 5.38 Å². The average Bonchev–Trinajstić information content (AvgIpc) is 2.34. The van der Waals surface area contributed by atoms with Gasteiger partial charge in [0.1, 0.15) is 6.10 Å². The van der Waals surface area contributed by atoms with Gasteiger partial charge in [0.2, 0.25) is 0 Å². The van der Waals surface area contributed by atoms with E-state index in [-0.39, 0.29) is 0 Å². The summed E-state index contributed by atoms with van der Waals surface area (Å²) in [5.41, 5.74) is 0. The van der Waals surface area contributed by atoms with E-state index in [1.165, 1.54) is 11.3 Å². The summed E-state index contributed by atoms with van der Waals surface area (Å²) in [6.07, 6.45) is 1.13. The Morgan fingerprint density at radius 2 is 2.60 bits per heavy atom. The third-order valence-corrected chi connectivity index (χ3v) is 1.51. The molecule has 10 heavy (non-hydrogen) atoms. The maximum absolute atomic E-state index is 8.75. The number of aliphatic hydroxyl groups excluding tert-OH is 1. The molecule has 1 aromatic heterocycles. The molecule has 0 aliphatic rings. The van der Waals surface area contributed by atoms with E-state index < -0.39 is 6.10 Å². The molecule has 1 atom stereocenters. The molecular weight excluding hydrogens is 146 g/mol. The molecule has 0 unspecified atom stereocenters. The van der Waals surface area contributed by atoms with Gasteiger partial charge in [0.05, 0.1) is 0 Å². The first kappa shape index (κ1) is 7.26. The Hall–Kier alpha value is -0.850. The van der Waals surface area contributed by atoms with Crippen LogP contribution in [0.1, 0.15) is 11.9 Å². The third kappa shape index (κ3) is 2.18. The van der Waals surface area contributed by atoms with E-state index >= 15 is 0 Å². The second kappa shape index (κ2) is 3.35. The molecule has 0 bridgehead atoms. The Labute approximate surface area is 63.5 Å². The summed E-state index contributed by atoms with van der Waals surface area (Å²) in [6.45, 7) is 1.63. The van der Waals surface area contributed by atoms with Gasteiger partial charge >= 0.3 is 0 Å². The topological polar surface area (TPSA) is 33.1 Å². The molecular formula is C7H7NOS. The van der Waals surface area contributed by atoms with Crippen molar-refractivity contribution in [3.05, 3.63) is 16.6 Å². The highest BCUT2D eigenvalue weighted by molar-refractivity contribution is 7.10. The van der Waals surface area contributed by atoms with E-state index in [0.29, 0.717) is 0 Å². The Bertz CT molecular complexity index is 242. The molecule has 0 aliphatic heterocycles. The molecule has 0 saturated carbocycles. The van der Waals surface area contributed by atoms with Gasteiger partial charge in [0.25, 0.3) is 0 Å². The lowest BCUT2D eigenvalue weighted by molar-refractivity contribution is 0.253. The van der Waals surface area contributed by atoms with E-state index in [1.54, 1.807) is 13.1 Å². The first-order valence-corrected chi connectivity index (χ1v) is 3.76. The van der Waals surface area contributed by atoms with Gasteiger partial charge in [-0.25, -0.2) is 4.98 Å². The molecule has 0 saturated heterocycles. The van der Waals surface area contributed by atoms with Gasteiger partial charge in [-0.1, -0.05) is 5.92 Å². The van der Waals surface area contributed by atoms with Crippen LogP contribution in [0.2, 0.25) is 0 Å². The van der Waals surface area contributed by atoms with Crippen LogP contribution in [0, 0.1) is 11.8 Å². The van der Waals surface area contributed by atoms with Crippen LogP contribution < -0.4 is 0 Å². The van der Waals surface area contributed by atoms with Gasteiger partial charge in [-0.05, 0) is 12.8 Å². The van der Waals surface area contributed by atoms with Crippen molar-refractivity contribution in [2.75, 3.05) is 0 Å². The number of aromatic nitrogens is 1. The van der Waals surface area contributed by atoms with Crippen molar-refractivity contribution in [2.24, 2.45) is 0 Å². The summed E-state index contributed by atoms with van der Waals surface area (Å²) in [5, 5.41) is 11.4. The number of hydrogen-bond acceptors (Lipinski definition) is 3. The summed E-state index contributed by atoms with van der Waals surface area (Å²) in [5.74, 6) is 5.33. The predicted molar refractivity (Wildman–Crippen MR) is 40.7 cm³/mol. The van der Waals surface area contributed by atoms with Gasteiger partial charge in [0, 0.05) is 11.6 Å². The van der Waals surface area contributed by atoms with Gasteiger partial charge in [-0.2, -0.15) is 0 Å². The Morgan fingerprint density at radius 1 is 1.80 bits per heavy atom. The van der Waals surface area contributed by atoms with Gasteiger partial charge in [-0.15, -0.1) is 11.3 Å². The Kier molecular flexibility index (Phi) is 2.43. The molecule has 0 amide bonds. The zero-order chi connectivity index (χ0) is 7.40. The second-order valence-electron chi connectivity index (χ2n) is 1.78. The molecule has 1 aromatic rings. The summed E-state index contributed by atoms with van der Waals surface area (Å²) in [4.78, 5) is 3.92. The summed E-state index contributed by atoms with van der Waals surface area (Å²) in [7, 11) is 0. The molecule has 52 valence electrons. The molecule has 1 N–H and O–H groups in total. The number of rotatable bonds is 0. The highest BCUT2D eigenvalue weighted by atomic mass is 32.1. The lowest BCUT2D eigenvalue weighted by Gasteiger charge is -1.84. The fourth-order valence-corrected chi connectivity index (χ4v) is 0.942. The minimum atomic E-state index is -0.566. The van der Waals surface area contributed by atoms with Crippen molar-refractivity contribution in [2.45, 2.75) is 13.0 Å². The fourth-order valence-electron chi connectivity index (χ4n) is 0.451. The van der Waals surface area contributed by atoms with Crippen molar-refractivity contribution in [1.29, 1.82) is 0 Å². The van der Waals surface area contributed by atoms with E-state index in [2.05, 4.69) is 16.8 Å². The van der Waals surface area contributed by atoms with E-state index in [0.717, 1.165) is 5.01 Å². The SMILES string of the molecule is C[C@H](O)C#Cc1nccs1. The monoisotopic (exact) mass is 153 g/mol. The minimum Gasteiger partial charge on any atom is -0.381 e. The van der Waals surface area contributed by atoms with Gasteiger partial charge in [-0.3, -0.25) is 0 Å². The van der Waals surface area contributed by atoms with Crippen LogP contribution in [-0.2, 0) is 0 Å². The van der Waals surface area contributed by atoms with Crippen molar-refractivity contribution in [3.8, 4) is 11.8 Å². The molecule has 0 spiro atoms. The quantitative estimate of drug-likeness (QED) is 0.561. The Morgan fingerprint density at radius 3 is 3.10 bits per heavy atom. The van der Waals surface area contributed by atoms with Gasteiger partial charge < -0.3 is 5.11 Å². The van der Waals surface area contributed by atoms with Crippen molar-refractivity contribution in [1.82, 2.24) is 4.98 Å². The molecule has 0 aliphatic carbocycles. The molecule has 0 aromatic carbocycles. The fraction of sp³-hybridized carbons (Fsp3) is 0.286. The van der Waals surface area contributed by atoms with Crippen LogP contribution >= 0.6 is 11.3 Å². The molecule has 0 fully saturated rings. The maximum atomic E-state index is 8.75. The first-order valence-electron chi connectivity index (χ1n) is 2.88. The standard InChI is InChI=1S/C7H7NOS/c1-6(9)2-3-7-8-4-5-10-7/h4-6,9H,1H3/t6-/m0/s1. The number of thiazole rings is 1. The summed E-state index contributed by atoms with van der Waals surface area (Å²) < 4.78 is 0. The van der Waals surface area contributed by atoms with Crippen molar-refractivity contribution < 1.29 is 5.11 Å². The molecule has 3 heteroatoms. The highest BCUT2D eigenvalue weighted by Crippen LogP contribution is 2.00. The van der Waals surface area contributed by atoms with Crippen LogP contribution in [0.25, 0.3) is 0 Å². The lowest BCUT2D eigenvalue weighted by atomic mass is 10.4. The lowest BCUT2D eigenvalue weighted by Crippen LogP contribution is -1.92. The maximum Gasteiger partial charge on any atom is 0.166 e. The van der Waals surface area contributed by atoms with E-state index in [4.69, 9.17) is 5.11 Å². The second-order valence-corrected chi connectivity index (χ2v) is 2.68. The van der Waals surface area contributed by atoms with Crippen LogP contribution in [0.3, 0.4) is 0 Å². The normalized spacial score (nSPS) is 11.8. The average molecular weight is 153 g/mol. The molecule has 1 rings (SSSR count). The van der Waals surface area contributed by atoms with Crippen LogP contribution in [0.4, 0.5) is 0 Å². The van der Waals surface area contributed by atoms with Crippen molar-refractivity contribution >= 4 is 11.3 Å². The predicted octanol–water partition coefficient (Wildman–Crippen LogP) is 0.875. The zero-order valence-corrected chi connectivity index (χ0v) is 6.35. The number of nitrogens with zero attached hydrogens (tertiary/aromatic N) is 1. The minimum absolute atomic E-state index is 0.566. The number of hydrogen-bond donors (Lipinski definition) is 1. The Balaban J connectivity index is 2.66.